The van der Waals surface area contributed by atoms with Crippen LogP contribution in [0.25, 0.3) is 0 Å². The largest absolute Gasteiger partial charge is 0.462 e. The number of nitrogens with one attached hydrogen (secondary N) is 1. The van der Waals surface area contributed by atoms with E-state index >= 15 is 0 Å². The van der Waals surface area contributed by atoms with E-state index < -0.39 is 16.0 Å². The minimum Gasteiger partial charge on any atom is -0.462 e. The van der Waals surface area contributed by atoms with Crippen LogP contribution < -0.4 is 5.32 Å². The Morgan fingerprint density at radius 2 is 1.73 bits per heavy atom. The average molecular weight is 381 g/mol. The third-order valence-electron chi connectivity index (χ3n) is 4.68. The van der Waals surface area contributed by atoms with Gasteiger partial charge in [0.1, 0.15) is 0 Å². The molecule has 0 saturated carbocycles. The molecule has 142 valence electrons. The number of hydrogen-bond donors (Lipinski definition) is 1. The van der Waals surface area contributed by atoms with Gasteiger partial charge in [-0.25, -0.2) is 13.2 Å². The Labute approximate surface area is 153 Å². The molecular weight excluding hydrogens is 358 g/mol. The molecule has 2 aliphatic rings. The molecule has 8 nitrogen and oxygen atoms in total. The number of amides is 1. The summed E-state index contributed by atoms with van der Waals surface area (Å²) in [6, 6.07) is 5.74. The number of hydrogen-bond acceptors (Lipinski definition) is 6. The van der Waals surface area contributed by atoms with Crippen LogP contribution >= 0.6 is 0 Å². The molecule has 0 aromatic heterocycles. The van der Waals surface area contributed by atoms with E-state index in [2.05, 4.69) is 5.32 Å². The first-order valence-electron chi connectivity index (χ1n) is 8.70. The maximum absolute atomic E-state index is 12.8. The monoisotopic (exact) mass is 381 g/mol. The molecule has 0 aliphatic carbocycles. The molecule has 1 N–H and O–H groups in total. The van der Waals surface area contributed by atoms with Gasteiger partial charge in [-0.05, 0) is 31.2 Å². The molecule has 1 amide bonds. The Morgan fingerprint density at radius 3 is 2.23 bits per heavy atom. The maximum Gasteiger partial charge on any atom is 0.338 e. The van der Waals surface area contributed by atoms with Crippen molar-refractivity contribution in [2.45, 2.75) is 11.8 Å². The van der Waals surface area contributed by atoms with Crippen molar-refractivity contribution in [2.24, 2.45) is 5.92 Å². The van der Waals surface area contributed by atoms with Crippen LogP contribution in [0.5, 0.6) is 0 Å². The number of carbonyl (C=O) groups excluding carboxylic acids is 2. The van der Waals surface area contributed by atoms with E-state index in [-0.39, 0.29) is 36.4 Å². The van der Waals surface area contributed by atoms with Crippen molar-refractivity contribution in [3.05, 3.63) is 29.8 Å². The second-order valence-corrected chi connectivity index (χ2v) is 8.27. The van der Waals surface area contributed by atoms with Crippen molar-refractivity contribution < 1.29 is 22.7 Å². The van der Waals surface area contributed by atoms with Crippen LogP contribution in [-0.4, -0.2) is 75.4 Å². The fourth-order valence-corrected chi connectivity index (χ4v) is 4.42. The molecule has 1 aromatic rings. The van der Waals surface area contributed by atoms with E-state index in [0.717, 1.165) is 0 Å². The van der Waals surface area contributed by atoms with Gasteiger partial charge in [-0.15, -0.1) is 0 Å². The third-order valence-corrected chi connectivity index (χ3v) is 6.60. The highest BCUT2D eigenvalue weighted by atomic mass is 32.2. The summed E-state index contributed by atoms with van der Waals surface area (Å²) in [7, 11) is -3.65. The molecule has 0 spiro atoms. The predicted molar refractivity (Wildman–Crippen MR) is 94.1 cm³/mol. The van der Waals surface area contributed by atoms with Crippen molar-refractivity contribution in [3.8, 4) is 0 Å². The fourth-order valence-electron chi connectivity index (χ4n) is 3.00. The van der Waals surface area contributed by atoms with Crippen LogP contribution in [0.3, 0.4) is 0 Å². The van der Waals surface area contributed by atoms with E-state index in [1.165, 1.54) is 28.6 Å². The molecule has 0 radical (unpaired) electrons. The summed E-state index contributed by atoms with van der Waals surface area (Å²) in [5.74, 6) is -0.359. The van der Waals surface area contributed by atoms with Crippen molar-refractivity contribution in [1.82, 2.24) is 14.5 Å². The van der Waals surface area contributed by atoms with E-state index in [0.29, 0.717) is 31.7 Å². The maximum atomic E-state index is 12.8. The van der Waals surface area contributed by atoms with Gasteiger partial charge in [-0.2, -0.15) is 4.31 Å². The van der Waals surface area contributed by atoms with E-state index in [4.69, 9.17) is 4.74 Å². The van der Waals surface area contributed by atoms with Gasteiger partial charge in [0.25, 0.3) is 0 Å². The third kappa shape index (κ3) is 3.74. The molecule has 2 heterocycles. The normalized spacial score (nSPS) is 19.0. The number of nitrogens with zero attached hydrogens (tertiary/aromatic N) is 2. The van der Waals surface area contributed by atoms with Crippen molar-refractivity contribution in [3.63, 3.8) is 0 Å². The van der Waals surface area contributed by atoms with Crippen LogP contribution in [0.15, 0.2) is 29.2 Å². The van der Waals surface area contributed by atoms with Crippen molar-refractivity contribution >= 4 is 21.9 Å². The second-order valence-electron chi connectivity index (χ2n) is 6.33. The molecule has 2 saturated heterocycles. The molecule has 3 rings (SSSR count). The first kappa shape index (κ1) is 18.8. The molecule has 0 bridgehead atoms. The summed E-state index contributed by atoms with van der Waals surface area (Å²) in [6.07, 6.45) is 0. The van der Waals surface area contributed by atoms with Crippen LogP contribution in [0.4, 0.5) is 0 Å². The van der Waals surface area contributed by atoms with E-state index in [9.17, 15) is 18.0 Å². The summed E-state index contributed by atoms with van der Waals surface area (Å²) in [4.78, 5) is 25.8. The zero-order valence-corrected chi connectivity index (χ0v) is 15.5. The zero-order chi connectivity index (χ0) is 18.7. The smallest absolute Gasteiger partial charge is 0.338 e. The van der Waals surface area contributed by atoms with Gasteiger partial charge in [-0.1, -0.05) is 0 Å². The lowest BCUT2D eigenvalue weighted by molar-refractivity contribution is -0.138. The Balaban J connectivity index is 1.63. The summed E-state index contributed by atoms with van der Waals surface area (Å²) in [6.45, 7) is 4.71. The molecule has 0 atom stereocenters. The van der Waals surface area contributed by atoms with Crippen LogP contribution in [0, 0.1) is 5.92 Å². The quantitative estimate of drug-likeness (QED) is 0.717. The lowest BCUT2D eigenvalue weighted by Crippen LogP contribution is -2.57. The summed E-state index contributed by atoms with van der Waals surface area (Å²) in [5.41, 5.74) is 0.315. The molecule has 9 heteroatoms. The highest BCUT2D eigenvalue weighted by molar-refractivity contribution is 7.89. The van der Waals surface area contributed by atoms with E-state index in [1.807, 2.05) is 0 Å². The predicted octanol–water partition coefficient (Wildman–Crippen LogP) is -0.0844. The van der Waals surface area contributed by atoms with Crippen LogP contribution in [0.1, 0.15) is 17.3 Å². The molecule has 1 aromatic carbocycles. The van der Waals surface area contributed by atoms with Crippen LogP contribution in [0.2, 0.25) is 0 Å². The highest BCUT2D eigenvalue weighted by Crippen LogP contribution is 2.20. The van der Waals surface area contributed by atoms with Gasteiger partial charge >= 0.3 is 5.97 Å². The first-order chi connectivity index (χ1) is 12.4. The lowest BCUT2D eigenvalue weighted by atomic mass is 10.0. The minimum atomic E-state index is -3.65. The number of benzene rings is 1. The number of piperazine rings is 1. The van der Waals surface area contributed by atoms with Crippen molar-refractivity contribution in [1.29, 1.82) is 0 Å². The Morgan fingerprint density at radius 1 is 1.12 bits per heavy atom. The SMILES string of the molecule is CCOC(=O)c1ccc(S(=O)(=O)N2CCN(C(=O)C3CNC3)CC2)cc1. The summed E-state index contributed by atoms with van der Waals surface area (Å²) >= 11 is 0. The van der Waals surface area contributed by atoms with Gasteiger partial charge in [-0.3, -0.25) is 4.79 Å². The summed E-state index contributed by atoms with van der Waals surface area (Å²) in [5, 5.41) is 3.07. The van der Waals surface area contributed by atoms with Crippen LogP contribution in [-0.2, 0) is 19.6 Å². The van der Waals surface area contributed by atoms with E-state index in [1.54, 1.807) is 11.8 Å². The number of sulfonamides is 1. The Hall–Kier alpha value is -1.97. The second kappa shape index (κ2) is 7.73. The zero-order valence-electron chi connectivity index (χ0n) is 14.7. The molecule has 26 heavy (non-hydrogen) atoms. The highest BCUT2D eigenvalue weighted by Gasteiger charge is 2.34. The van der Waals surface area contributed by atoms with Gasteiger partial charge in [0.15, 0.2) is 0 Å². The molecule has 2 fully saturated rings. The van der Waals surface area contributed by atoms with Gasteiger partial charge in [0.2, 0.25) is 15.9 Å². The molecule has 0 unspecified atom stereocenters. The van der Waals surface area contributed by atoms with Gasteiger partial charge in [0, 0.05) is 39.3 Å². The first-order valence-corrected chi connectivity index (χ1v) is 10.1. The number of esters is 1. The Kier molecular flexibility index (Phi) is 5.59. The van der Waals surface area contributed by atoms with Gasteiger partial charge in [0.05, 0.1) is 23.0 Å². The van der Waals surface area contributed by atoms with Crippen molar-refractivity contribution in [2.75, 3.05) is 45.9 Å². The van der Waals surface area contributed by atoms with Gasteiger partial charge < -0.3 is 15.0 Å². The number of carbonyl (C=O) groups is 2. The molecule has 2 aliphatic heterocycles. The average Bonchev–Trinajstić information content (AvgIpc) is 2.60. The number of rotatable bonds is 5. The summed E-state index contributed by atoms with van der Waals surface area (Å²) < 4.78 is 31.8. The minimum absolute atomic E-state index is 0.0218. The topological polar surface area (TPSA) is 96.0 Å². The lowest BCUT2D eigenvalue weighted by Gasteiger charge is -2.37. The Bertz CT molecular complexity index is 766. The molecular formula is C17H23N3O5S. The number of ether oxygens (including phenoxy) is 1. The fraction of sp³-hybridized carbons (Fsp3) is 0.529. The standard InChI is InChI=1S/C17H23N3O5S/c1-2-25-17(22)13-3-5-15(6-4-13)26(23,24)20-9-7-19(8-10-20)16(21)14-11-18-12-14/h3-6,14,18H,2,7-12H2,1H3.